The molecule has 3 N–H and O–H groups in total. The molecule has 0 atom stereocenters. The van der Waals surface area contributed by atoms with E-state index in [-0.39, 0.29) is 15.7 Å². The summed E-state index contributed by atoms with van der Waals surface area (Å²) in [5.74, 6) is -1.49. The maximum atomic E-state index is 12.4. The van der Waals surface area contributed by atoms with Gasteiger partial charge < -0.3 is 10.4 Å². The van der Waals surface area contributed by atoms with Crippen molar-refractivity contribution in [2.45, 2.75) is 0 Å². The monoisotopic (exact) mass is 664 g/mol. The highest BCUT2D eigenvalue weighted by molar-refractivity contribution is 14.1. The first kappa shape index (κ1) is 20.8. The molecule has 2 rings (SSSR count). The third-order valence-corrected chi connectivity index (χ3v) is 6.53. The van der Waals surface area contributed by atoms with Crippen molar-refractivity contribution in [3.05, 3.63) is 58.1 Å². The van der Waals surface area contributed by atoms with Crippen LogP contribution in [0.3, 0.4) is 0 Å². The van der Waals surface area contributed by atoms with E-state index in [9.17, 15) is 9.59 Å². The lowest BCUT2D eigenvalue weighted by Gasteiger charge is -2.13. The molecule has 130 valence electrons. The van der Waals surface area contributed by atoms with E-state index in [0.717, 1.165) is 7.14 Å². The zero-order chi connectivity index (χ0) is 18.7. The number of carbonyl (C=O) groups is 2. The van der Waals surface area contributed by atoms with Gasteiger partial charge in [0.2, 0.25) is 0 Å². The van der Waals surface area contributed by atoms with Gasteiger partial charge in [0.15, 0.2) is 5.11 Å². The van der Waals surface area contributed by atoms with Crippen LogP contribution in [-0.2, 0) is 0 Å². The molecular weight excluding hydrogens is 657 g/mol. The minimum absolute atomic E-state index is 0.00945. The molecule has 25 heavy (non-hydrogen) atoms. The molecule has 0 radical (unpaired) electrons. The number of aromatic carboxylic acids is 1. The Kier molecular flexibility index (Phi) is 7.43. The molecule has 0 bridgehead atoms. The summed E-state index contributed by atoms with van der Waals surface area (Å²) in [7, 11) is 0. The van der Waals surface area contributed by atoms with Gasteiger partial charge in [-0.05, 0) is 104 Å². The number of anilines is 1. The first-order valence-electron chi connectivity index (χ1n) is 6.48. The van der Waals surface area contributed by atoms with Crippen molar-refractivity contribution in [1.29, 1.82) is 0 Å². The van der Waals surface area contributed by atoms with Gasteiger partial charge in [-0.25, -0.2) is 4.79 Å². The minimum Gasteiger partial charge on any atom is -0.478 e. The van der Waals surface area contributed by atoms with Gasteiger partial charge in [-0.1, -0.05) is 11.6 Å². The second-order valence-electron chi connectivity index (χ2n) is 4.66. The fraction of sp³-hybridized carbons (Fsp3) is 0. The molecular formula is C15H8BrClI2N2O3S. The summed E-state index contributed by atoms with van der Waals surface area (Å²) in [5, 5.41) is 14.6. The summed E-state index contributed by atoms with van der Waals surface area (Å²) < 4.78 is 2.47. The Labute approximate surface area is 189 Å². The number of nitrogens with one attached hydrogen (secondary N) is 2. The van der Waals surface area contributed by atoms with Crippen LogP contribution in [-0.4, -0.2) is 22.1 Å². The fourth-order valence-corrected chi connectivity index (χ4v) is 4.42. The number of carboxylic acids is 1. The van der Waals surface area contributed by atoms with Crippen molar-refractivity contribution in [1.82, 2.24) is 5.32 Å². The van der Waals surface area contributed by atoms with Crippen molar-refractivity contribution in [2.75, 3.05) is 5.32 Å². The van der Waals surface area contributed by atoms with Gasteiger partial charge in [-0.15, -0.1) is 0 Å². The maximum Gasteiger partial charge on any atom is 0.335 e. The Hall–Kier alpha value is -0.500. The fourth-order valence-electron chi connectivity index (χ4n) is 1.80. The molecule has 2 aromatic carbocycles. The van der Waals surface area contributed by atoms with E-state index in [1.54, 1.807) is 6.07 Å². The number of hydrogen-bond acceptors (Lipinski definition) is 3. The molecule has 0 heterocycles. The number of rotatable bonds is 3. The molecule has 2 aromatic rings. The second-order valence-corrected chi connectivity index (χ2v) is 8.67. The Morgan fingerprint density at radius 3 is 2.52 bits per heavy atom. The van der Waals surface area contributed by atoms with Crippen LogP contribution in [0.15, 0.2) is 34.8 Å². The van der Waals surface area contributed by atoms with Gasteiger partial charge in [0.1, 0.15) is 0 Å². The van der Waals surface area contributed by atoms with E-state index in [1.165, 1.54) is 18.2 Å². The highest BCUT2D eigenvalue weighted by Crippen LogP contribution is 2.26. The van der Waals surface area contributed by atoms with Gasteiger partial charge in [-0.2, -0.15) is 0 Å². The van der Waals surface area contributed by atoms with E-state index in [1.807, 2.05) is 6.07 Å². The van der Waals surface area contributed by atoms with Crippen molar-refractivity contribution >= 4 is 108 Å². The van der Waals surface area contributed by atoms with Gasteiger partial charge in [0, 0.05) is 11.6 Å². The first-order chi connectivity index (χ1) is 11.7. The van der Waals surface area contributed by atoms with Crippen LogP contribution < -0.4 is 10.6 Å². The van der Waals surface area contributed by atoms with Crippen LogP contribution in [0, 0.1) is 7.14 Å². The number of benzene rings is 2. The molecule has 0 saturated heterocycles. The third-order valence-electron chi connectivity index (χ3n) is 2.93. The molecule has 0 aliphatic carbocycles. The Morgan fingerprint density at radius 1 is 1.20 bits per heavy atom. The minimum atomic E-state index is -1.09. The lowest BCUT2D eigenvalue weighted by atomic mass is 10.2. The van der Waals surface area contributed by atoms with Crippen LogP contribution in [0.1, 0.15) is 20.7 Å². The van der Waals surface area contributed by atoms with Crippen molar-refractivity contribution in [3.63, 3.8) is 0 Å². The average molecular weight is 665 g/mol. The standard InChI is InChI=1S/C15H8BrClI2N2O3S/c16-12-8(4-7(18)5-10(12)19)13(22)21-15(25)20-11-3-6(14(23)24)1-2-9(11)17/h1-5H,(H,23,24)(H2,20,21,22,25). The third kappa shape index (κ3) is 5.49. The number of carbonyl (C=O) groups excluding carboxylic acids is 1. The second kappa shape index (κ2) is 8.93. The lowest BCUT2D eigenvalue weighted by Crippen LogP contribution is -2.34. The normalized spacial score (nSPS) is 10.2. The largest absolute Gasteiger partial charge is 0.478 e. The summed E-state index contributed by atoms with van der Waals surface area (Å²) in [6, 6.07) is 7.81. The topological polar surface area (TPSA) is 78.4 Å². The first-order valence-corrected chi connectivity index (χ1v) is 10.2. The smallest absolute Gasteiger partial charge is 0.335 e. The van der Waals surface area contributed by atoms with Crippen LogP contribution in [0.2, 0.25) is 5.02 Å². The van der Waals surface area contributed by atoms with Crippen molar-refractivity contribution < 1.29 is 14.7 Å². The van der Waals surface area contributed by atoms with E-state index < -0.39 is 11.9 Å². The zero-order valence-corrected chi connectivity index (χ0v) is 19.5. The predicted octanol–water partition coefficient (Wildman–Crippen LogP) is 5.14. The summed E-state index contributed by atoms with van der Waals surface area (Å²) in [4.78, 5) is 23.5. The van der Waals surface area contributed by atoms with Crippen LogP contribution in [0.5, 0.6) is 0 Å². The highest BCUT2D eigenvalue weighted by Gasteiger charge is 2.16. The predicted molar refractivity (Wildman–Crippen MR) is 122 cm³/mol. The molecule has 0 fully saturated rings. The van der Waals surface area contributed by atoms with Crippen LogP contribution >= 0.6 is 84.9 Å². The molecule has 0 spiro atoms. The molecule has 0 unspecified atom stereocenters. The Balaban J connectivity index is 2.17. The summed E-state index contributed by atoms with van der Waals surface area (Å²) >= 11 is 18.8. The number of hydrogen-bond donors (Lipinski definition) is 3. The van der Waals surface area contributed by atoms with Gasteiger partial charge in [0.05, 0.1) is 21.8 Å². The molecule has 10 heteroatoms. The van der Waals surface area contributed by atoms with E-state index in [2.05, 4.69) is 71.7 Å². The Morgan fingerprint density at radius 2 is 1.88 bits per heavy atom. The molecule has 0 aliphatic heterocycles. The zero-order valence-electron chi connectivity index (χ0n) is 12.1. The van der Waals surface area contributed by atoms with Gasteiger partial charge in [-0.3, -0.25) is 10.1 Å². The number of halogens is 4. The molecule has 0 aromatic heterocycles. The van der Waals surface area contributed by atoms with Crippen LogP contribution in [0.4, 0.5) is 5.69 Å². The number of carboxylic acid groups (broad SMARTS) is 1. The van der Waals surface area contributed by atoms with E-state index >= 15 is 0 Å². The van der Waals surface area contributed by atoms with Gasteiger partial charge in [0.25, 0.3) is 5.91 Å². The average Bonchev–Trinajstić information content (AvgIpc) is 2.52. The van der Waals surface area contributed by atoms with E-state index in [4.69, 9.17) is 28.9 Å². The molecule has 1 amide bonds. The van der Waals surface area contributed by atoms with Crippen molar-refractivity contribution in [2.24, 2.45) is 0 Å². The lowest BCUT2D eigenvalue weighted by molar-refractivity contribution is 0.0696. The summed E-state index contributed by atoms with van der Waals surface area (Å²) in [5.41, 5.74) is 0.782. The molecule has 0 saturated carbocycles. The Bertz CT molecular complexity index is 895. The van der Waals surface area contributed by atoms with E-state index in [0.29, 0.717) is 15.7 Å². The quantitative estimate of drug-likeness (QED) is 0.241. The number of amides is 1. The number of thiocarbonyl (C=S) groups is 1. The summed E-state index contributed by atoms with van der Waals surface area (Å²) in [6.45, 7) is 0. The highest BCUT2D eigenvalue weighted by atomic mass is 127. The molecule has 0 aliphatic rings. The van der Waals surface area contributed by atoms with Gasteiger partial charge >= 0.3 is 5.97 Å². The van der Waals surface area contributed by atoms with Crippen molar-refractivity contribution in [3.8, 4) is 0 Å². The summed E-state index contributed by atoms with van der Waals surface area (Å²) in [6.07, 6.45) is 0. The maximum absolute atomic E-state index is 12.4. The molecule has 5 nitrogen and oxygen atoms in total. The SMILES string of the molecule is O=C(O)c1ccc(Cl)c(NC(=S)NC(=O)c2cc(I)cc(I)c2Br)c1. The van der Waals surface area contributed by atoms with Crippen LogP contribution in [0.25, 0.3) is 0 Å².